The number of amides is 1. The molecule has 0 aliphatic carbocycles. The summed E-state index contributed by atoms with van der Waals surface area (Å²) in [5.74, 6) is -1.29. The van der Waals surface area contributed by atoms with Crippen LogP contribution in [0.1, 0.15) is 20.3 Å². The molecule has 8 heteroatoms. The predicted octanol–water partition coefficient (Wildman–Crippen LogP) is 2.70. The molecule has 2 aromatic rings. The number of carbonyl (C=O) groups excluding carboxylic acids is 1. The number of benzene rings is 2. The van der Waals surface area contributed by atoms with Gasteiger partial charge >= 0.3 is 0 Å². The number of nitrogens with one attached hydrogen (secondary N) is 1. The fourth-order valence-electron chi connectivity index (χ4n) is 2.50. The fraction of sp³-hybridized carbons (Fsp3) is 0.222. The van der Waals surface area contributed by atoms with Crippen molar-refractivity contribution in [1.29, 1.82) is 0 Å². The average molecular weight is 376 g/mol. The zero-order valence-electron chi connectivity index (χ0n) is 14.4. The number of sulfonamides is 1. The van der Waals surface area contributed by atoms with Crippen LogP contribution in [0.25, 0.3) is 0 Å². The van der Waals surface area contributed by atoms with Crippen LogP contribution in [0.5, 0.6) is 0 Å². The first-order valence-electron chi connectivity index (χ1n) is 7.98. The van der Waals surface area contributed by atoms with Gasteiger partial charge in [0.25, 0.3) is 21.9 Å². The molecule has 1 aliphatic rings. The number of carboxylic acids is 1. The standard InChI is InChI=1S/C16H16N2O3S.C2H4O2/c1-2-13-16(19)18(15-11-7-6-10-14(15)17-13)22(20,21)12-8-4-3-5-9-12;1-2(3)4/h3-11,13,17H,2H2,1H3;1H3,(H,3,4). The van der Waals surface area contributed by atoms with Crippen molar-refractivity contribution >= 4 is 33.3 Å². The maximum absolute atomic E-state index is 12.9. The number of rotatable bonds is 3. The monoisotopic (exact) mass is 376 g/mol. The maximum atomic E-state index is 12.9. The minimum atomic E-state index is -3.92. The van der Waals surface area contributed by atoms with Gasteiger partial charge in [-0.2, -0.15) is 4.31 Å². The number of hydrogen-bond acceptors (Lipinski definition) is 5. The minimum absolute atomic E-state index is 0.106. The molecule has 1 aliphatic heterocycles. The van der Waals surface area contributed by atoms with E-state index in [0.29, 0.717) is 17.8 Å². The lowest BCUT2D eigenvalue weighted by Crippen LogP contribution is -2.49. The Labute approximate surface area is 152 Å². The fourth-order valence-corrected chi connectivity index (χ4v) is 4.00. The molecule has 0 bridgehead atoms. The van der Waals surface area contributed by atoms with Gasteiger partial charge in [0, 0.05) is 6.92 Å². The first-order chi connectivity index (χ1) is 12.3. The van der Waals surface area contributed by atoms with Crippen molar-refractivity contribution in [2.24, 2.45) is 0 Å². The molecule has 1 unspecified atom stereocenters. The Morgan fingerprint density at radius 2 is 1.65 bits per heavy atom. The van der Waals surface area contributed by atoms with Gasteiger partial charge in [0.05, 0.1) is 16.3 Å². The summed E-state index contributed by atoms with van der Waals surface area (Å²) in [6.45, 7) is 2.93. The van der Waals surface area contributed by atoms with Gasteiger partial charge in [-0.15, -0.1) is 0 Å². The van der Waals surface area contributed by atoms with E-state index in [1.54, 1.807) is 36.4 Å². The maximum Gasteiger partial charge on any atom is 0.300 e. The molecule has 0 spiro atoms. The second kappa shape index (κ2) is 8.01. The molecule has 2 N–H and O–H groups in total. The first kappa shape index (κ1) is 19.5. The number of carbonyl (C=O) groups is 2. The molecule has 0 saturated carbocycles. The summed E-state index contributed by atoms with van der Waals surface area (Å²) in [4.78, 5) is 21.7. The summed E-state index contributed by atoms with van der Waals surface area (Å²) >= 11 is 0. The molecule has 0 aromatic heterocycles. The van der Waals surface area contributed by atoms with Gasteiger partial charge < -0.3 is 10.4 Å². The van der Waals surface area contributed by atoms with E-state index >= 15 is 0 Å². The van der Waals surface area contributed by atoms with Gasteiger partial charge in [-0.25, -0.2) is 8.42 Å². The van der Waals surface area contributed by atoms with Gasteiger partial charge in [-0.05, 0) is 30.7 Å². The molecule has 3 rings (SSSR count). The molecule has 26 heavy (non-hydrogen) atoms. The minimum Gasteiger partial charge on any atom is -0.481 e. The third kappa shape index (κ3) is 4.02. The average Bonchev–Trinajstić information content (AvgIpc) is 2.61. The number of hydrogen-bond donors (Lipinski definition) is 2. The lowest BCUT2D eigenvalue weighted by atomic mass is 10.1. The Bertz CT molecular complexity index is 893. The second-order valence-electron chi connectivity index (χ2n) is 5.56. The van der Waals surface area contributed by atoms with Crippen molar-refractivity contribution in [2.45, 2.75) is 31.2 Å². The van der Waals surface area contributed by atoms with E-state index in [0.717, 1.165) is 11.2 Å². The first-order valence-corrected chi connectivity index (χ1v) is 9.42. The zero-order valence-corrected chi connectivity index (χ0v) is 15.2. The second-order valence-corrected chi connectivity index (χ2v) is 7.35. The number of anilines is 2. The molecule has 0 radical (unpaired) electrons. The number of carboxylic acid groups (broad SMARTS) is 1. The van der Waals surface area contributed by atoms with E-state index in [4.69, 9.17) is 9.90 Å². The molecule has 1 amide bonds. The quantitative estimate of drug-likeness (QED) is 0.854. The van der Waals surface area contributed by atoms with Crippen LogP contribution in [0.2, 0.25) is 0 Å². The number of aliphatic carboxylic acids is 1. The van der Waals surface area contributed by atoms with Crippen LogP contribution in [0.15, 0.2) is 59.5 Å². The topological polar surface area (TPSA) is 104 Å². The van der Waals surface area contributed by atoms with Crippen LogP contribution in [-0.2, 0) is 19.6 Å². The lowest BCUT2D eigenvalue weighted by molar-refractivity contribution is -0.134. The molecule has 1 atom stereocenters. The molecular weight excluding hydrogens is 356 g/mol. The highest BCUT2D eigenvalue weighted by Gasteiger charge is 2.39. The highest BCUT2D eigenvalue weighted by Crippen LogP contribution is 2.35. The van der Waals surface area contributed by atoms with Gasteiger partial charge in [0.15, 0.2) is 0 Å². The molecule has 0 fully saturated rings. The summed E-state index contributed by atoms with van der Waals surface area (Å²) in [6.07, 6.45) is 0.508. The van der Waals surface area contributed by atoms with Crippen molar-refractivity contribution in [2.75, 3.05) is 9.62 Å². The van der Waals surface area contributed by atoms with E-state index in [9.17, 15) is 13.2 Å². The number of nitrogens with zero attached hydrogens (tertiary/aromatic N) is 1. The highest BCUT2D eigenvalue weighted by atomic mass is 32.2. The van der Waals surface area contributed by atoms with E-state index in [-0.39, 0.29) is 4.90 Å². The van der Waals surface area contributed by atoms with Crippen LogP contribution in [0.3, 0.4) is 0 Å². The van der Waals surface area contributed by atoms with Crippen LogP contribution in [0.4, 0.5) is 11.4 Å². The van der Waals surface area contributed by atoms with Crippen molar-refractivity contribution < 1.29 is 23.1 Å². The molecule has 1 heterocycles. The largest absolute Gasteiger partial charge is 0.481 e. The van der Waals surface area contributed by atoms with E-state index in [1.807, 2.05) is 13.0 Å². The van der Waals surface area contributed by atoms with E-state index < -0.39 is 27.9 Å². The van der Waals surface area contributed by atoms with Gasteiger partial charge in [-0.1, -0.05) is 37.3 Å². The molecule has 7 nitrogen and oxygen atoms in total. The highest BCUT2D eigenvalue weighted by molar-refractivity contribution is 7.93. The number of para-hydroxylation sites is 2. The van der Waals surface area contributed by atoms with Crippen molar-refractivity contribution in [3.63, 3.8) is 0 Å². The van der Waals surface area contributed by atoms with Crippen molar-refractivity contribution in [3.05, 3.63) is 54.6 Å². The summed E-state index contributed by atoms with van der Waals surface area (Å²) < 4.78 is 26.7. The summed E-state index contributed by atoms with van der Waals surface area (Å²) in [6, 6.07) is 14.4. The van der Waals surface area contributed by atoms with Crippen LogP contribution < -0.4 is 9.62 Å². The predicted molar refractivity (Wildman–Crippen MR) is 98.6 cm³/mol. The molecule has 0 saturated heterocycles. The van der Waals surface area contributed by atoms with Crippen LogP contribution in [-0.4, -0.2) is 31.4 Å². The Balaban J connectivity index is 0.000000552. The normalized spacial score (nSPS) is 16.0. The van der Waals surface area contributed by atoms with Gasteiger partial charge in [-0.3, -0.25) is 9.59 Å². The van der Waals surface area contributed by atoms with Crippen molar-refractivity contribution in [3.8, 4) is 0 Å². The van der Waals surface area contributed by atoms with Crippen molar-refractivity contribution in [1.82, 2.24) is 0 Å². The Kier molecular flexibility index (Phi) is 5.99. The molecular formula is C18H20N2O5S. The summed E-state index contributed by atoms with van der Waals surface area (Å²) in [5, 5.41) is 10.5. The van der Waals surface area contributed by atoms with E-state index in [2.05, 4.69) is 5.32 Å². The Morgan fingerprint density at radius 1 is 1.12 bits per heavy atom. The lowest BCUT2D eigenvalue weighted by Gasteiger charge is -2.34. The molecule has 138 valence electrons. The van der Waals surface area contributed by atoms with Gasteiger partial charge in [0.2, 0.25) is 0 Å². The van der Waals surface area contributed by atoms with E-state index in [1.165, 1.54) is 12.1 Å². The van der Waals surface area contributed by atoms with Crippen LogP contribution in [0, 0.1) is 0 Å². The Hall–Kier alpha value is -2.87. The summed E-state index contributed by atoms with van der Waals surface area (Å²) in [5.41, 5.74) is 1.01. The third-order valence-corrected chi connectivity index (χ3v) is 5.37. The third-order valence-electron chi connectivity index (χ3n) is 3.64. The van der Waals surface area contributed by atoms with Gasteiger partial charge in [0.1, 0.15) is 6.04 Å². The number of fused-ring (bicyclic) bond motifs is 1. The van der Waals surface area contributed by atoms with Crippen LogP contribution >= 0.6 is 0 Å². The summed E-state index contributed by atoms with van der Waals surface area (Å²) in [7, 11) is -3.92. The smallest absolute Gasteiger partial charge is 0.300 e. The molecule has 2 aromatic carbocycles. The SMILES string of the molecule is CC(=O)O.CCC1Nc2ccccc2N(S(=O)(=O)c2ccccc2)C1=O. The Morgan fingerprint density at radius 3 is 2.23 bits per heavy atom. The zero-order chi connectivity index (χ0) is 19.3.